The highest BCUT2D eigenvalue weighted by molar-refractivity contribution is 7.17. The largest absolute Gasteiger partial charge is 0.477 e. The van der Waals surface area contributed by atoms with Gasteiger partial charge in [0.1, 0.15) is 4.88 Å². The topological polar surface area (TPSA) is 37.3 Å². The van der Waals surface area contributed by atoms with E-state index in [0.717, 1.165) is 11.3 Å². The number of carbonyl (C=O) groups is 1. The molecule has 0 aromatic carbocycles. The van der Waals surface area contributed by atoms with Crippen molar-refractivity contribution in [1.82, 2.24) is 0 Å². The third-order valence-corrected chi connectivity index (χ3v) is 2.00. The van der Waals surface area contributed by atoms with E-state index < -0.39 is 5.97 Å². The first-order chi connectivity index (χ1) is 5.20. The molecule has 4 heteroatoms. The Balaban J connectivity index is 0.000000461. The first-order valence-corrected chi connectivity index (χ1v) is 3.88. The van der Waals surface area contributed by atoms with Gasteiger partial charge in [0.15, 0.2) is 0 Å². The van der Waals surface area contributed by atoms with Gasteiger partial charge in [-0.2, -0.15) is 0 Å². The summed E-state index contributed by atoms with van der Waals surface area (Å²) < 4.78 is 0.507. The minimum atomic E-state index is -0.924. The van der Waals surface area contributed by atoms with Crippen LogP contribution in [-0.4, -0.2) is 11.1 Å². The lowest BCUT2D eigenvalue weighted by atomic mass is 10.5. The molecule has 0 aliphatic carbocycles. The summed E-state index contributed by atoms with van der Waals surface area (Å²) in [4.78, 5) is 10.4. The van der Waals surface area contributed by atoms with E-state index in [2.05, 4.69) is 13.2 Å². The molecule has 0 bridgehead atoms. The zero-order chi connectivity index (χ0) is 8.85. The van der Waals surface area contributed by atoms with Gasteiger partial charge in [0.05, 0.1) is 4.34 Å². The zero-order valence-electron chi connectivity index (χ0n) is 5.71. The third kappa shape index (κ3) is 3.20. The van der Waals surface area contributed by atoms with E-state index in [1.165, 1.54) is 6.07 Å². The number of thiophene rings is 1. The van der Waals surface area contributed by atoms with Crippen LogP contribution in [0.1, 0.15) is 9.67 Å². The Morgan fingerprint density at radius 3 is 2.27 bits per heavy atom. The average molecular weight is 191 g/mol. The molecule has 0 unspecified atom stereocenters. The number of aromatic carboxylic acids is 1. The van der Waals surface area contributed by atoms with Crippen LogP contribution in [0.4, 0.5) is 0 Å². The summed E-state index contributed by atoms with van der Waals surface area (Å²) in [5.74, 6) is -0.924. The van der Waals surface area contributed by atoms with Gasteiger partial charge >= 0.3 is 5.97 Å². The van der Waals surface area contributed by atoms with Gasteiger partial charge in [-0.05, 0) is 12.1 Å². The van der Waals surface area contributed by atoms with E-state index >= 15 is 0 Å². The molecule has 0 atom stereocenters. The number of rotatable bonds is 1. The SMILES string of the molecule is C=C.O=C(O)c1ccc(Cl)s1. The van der Waals surface area contributed by atoms with Gasteiger partial charge in [0.2, 0.25) is 0 Å². The number of hydrogen-bond acceptors (Lipinski definition) is 2. The quantitative estimate of drug-likeness (QED) is 0.692. The minimum Gasteiger partial charge on any atom is -0.477 e. The third-order valence-electron chi connectivity index (χ3n) is 0.784. The molecular formula is C7H7ClO2S. The number of hydrogen-bond donors (Lipinski definition) is 1. The highest BCUT2D eigenvalue weighted by atomic mass is 35.5. The Kier molecular flexibility index (Phi) is 4.57. The maximum atomic E-state index is 10.2. The van der Waals surface area contributed by atoms with Crippen molar-refractivity contribution >= 4 is 28.9 Å². The van der Waals surface area contributed by atoms with Gasteiger partial charge in [-0.1, -0.05) is 11.6 Å². The zero-order valence-corrected chi connectivity index (χ0v) is 7.28. The standard InChI is InChI=1S/C5H3ClO2S.C2H4/c6-4-2-1-3(9-4)5(7)8;1-2/h1-2H,(H,7,8);1-2H2. The monoisotopic (exact) mass is 190 g/mol. The summed E-state index contributed by atoms with van der Waals surface area (Å²) in [5, 5.41) is 8.35. The van der Waals surface area contributed by atoms with Crippen LogP contribution in [0.5, 0.6) is 0 Å². The number of halogens is 1. The van der Waals surface area contributed by atoms with E-state index in [1.54, 1.807) is 6.07 Å². The summed E-state index contributed by atoms with van der Waals surface area (Å²) in [5.41, 5.74) is 0. The van der Waals surface area contributed by atoms with E-state index in [1.807, 2.05) is 0 Å². The van der Waals surface area contributed by atoms with E-state index in [-0.39, 0.29) is 4.88 Å². The molecule has 1 N–H and O–H groups in total. The minimum absolute atomic E-state index is 0.278. The second-order valence-electron chi connectivity index (χ2n) is 1.41. The molecule has 0 radical (unpaired) electrons. The predicted octanol–water partition coefficient (Wildman–Crippen LogP) is 2.90. The molecule has 0 aliphatic heterocycles. The summed E-state index contributed by atoms with van der Waals surface area (Å²) in [6.07, 6.45) is 0. The number of carboxylic acids is 1. The van der Waals surface area contributed by atoms with Crippen molar-refractivity contribution in [1.29, 1.82) is 0 Å². The van der Waals surface area contributed by atoms with Crippen molar-refractivity contribution < 1.29 is 9.90 Å². The van der Waals surface area contributed by atoms with Gasteiger partial charge in [0, 0.05) is 0 Å². The Bertz CT molecular complexity index is 244. The van der Waals surface area contributed by atoms with Crippen LogP contribution in [0.2, 0.25) is 4.34 Å². The second kappa shape index (κ2) is 4.93. The lowest BCUT2D eigenvalue weighted by Gasteiger charge is -1.79. The van der Waals surface area contributed by atoms with Gasteiger partial charge in [0.25, 0.3) is 0 Å². The lowest BCUT2D eigenvalue weighted by Crippen LogP contribution is -1.89. The molecule has 11 heavy (non-hydrogen) atoms. The molecular weight excluding hydrogens is 184 g/mol. The molecule has 1 aromatic heterocycles. The maximum Gasteiger partial charge on any atom is 0.345 e. The van der Waals surface area contributed by atoms with Crippen LogP contribution >= 0.6 is 22.9 Å². The van der Waals surface area contributed by atoms with Crippen molar-refractivity contribution in [2.45, 2.75) is 0 Å². The molecule has 2 nitrogen and oxygen atoms in total. The summed E-state index contributed by atoms with van der Waals surface area (Å²) >= 11 is 6.52. The van der Waals surface area contributed by atoms with Gasteiger partial charge in [-0.3, -0.25) is 0 Å². The van der Waals surface area contributed by atoms with Gasteiger partial charge < -0.3 is 5.11 Å². The Labute approximate surface area is 73.7 Å². The second-order valence-corrected chi connectivity index (χ2v) is 3.12. The van der Waals surface area contributed by atoms with E-state index in [4.69, 9.17) is 16.7 Å². The van der Waals surface area contributed by atoms with E-state index in [9.17, 15) is 4.79 Å². The normalized spacial score (nSPS) is 8.09. The van der Waals surface area contributed by atoms with Crippen molar-refractivity contribution in [2.75, 3.05) is 0 Å². The Morgan fingerprint density at radius 2 is 2.09 bits per heavy atom. The molecule has 1 rings (SSSR count). The van der Waals surface area contributed by atoms with E-state index in [0.29, 0.717) is 4.34 Å². The predicted molar refractivity (Wildman–Crippen MR) is 47.5 cm³/mol. The molecule has 0 saturated carbocycles. The first kappa shape index (κ1) is 10.2. The molecule has 0 fully saturated rings. The highest BCUT2D eigenvalue weighted by Crippen LogP contribution is 2.20. The molecule has 0 amide bonds. The first-order valence-electron chi connectivity index (χ1n) is 2.69. The van der Waals surface area contributed by atoms with Crippen LogP contribution < -0.4 is 0 Å². The smallest absolute Gasteiger partial charge is 0.345 e. The number of carboxylic acid groups (broad SMARTS) is 1. The molecule has 0 aliphatic rings. The lowest BCUT2D eigenvalue weighted by molar-refractivity contribution is 0.0702. The summed E-state index contributed by atoms with van der Waals surface area (Å²) in [6.45, 7) is 6.00. The maximum absolute atomic E-state index is 10.2. The molecule has 0 spiro atoms. The Hall–Kier alpha value is -0.800. The van der Waals surface area contributed by atoms with Crippen LogP contribution in [0, 0.1) is 0 Å². The summed E-state index contributed by atoms with van der Waals surface area (Å²) in [6, 6.07) is 3.05. The average Bonchev–Trinajstić information content (AvgIpc) is 2.40. The van der Waals surface area contributed by atoms with Crippen molar-refractivity contribution in [3.05, 3.63) is 34.5 Å². The fourth-order valence-corrected chi connectivity index (χ4v) is 1.31. The van der Waals surface area contributed by atoms with Crippen LogP contribution in [0.15, 0.2) is 25.3 Å². The van der Waals surface area contributed by atoms with Crippen LogP contribution in [0.3, 0.4) is 0 Å². The van der Waals surface area contributed by atoms with Crippen molar-refractivity contribution in [2.24, 2.45) is 0 Å². The fraction of sp³-hybridized carbons (Fsp3) is 0. The molecule has 1 heterocycles. The van der Waals surface area contributed by atoms with Crippen molar-refractivity contribution in [3.63, 3.8) is 0 Å². The summed E-state index contributed by atoms with van der Waals surface area (Å²) in [7, 11) is 0. The fourth-order valence-electron chi connectivity index (χ4n) is 0.429. The van der Waals surface area contributed by atoms with Crippen LogP contribution in [-0.2, 0) is 0 Å². The van der Waals surface area contributed by atoms with Gasteiger partial charge in [-0.25, -0.2) is 4.79 Å². The van der Waals surface area contributed by atoms with Crippen LogP contribution in [0.25, 0.3) is 0 Å². The highest BCUT2D eigenvalue weighted by Gasteiger charge is 2.03. The Morgan fingerprint density at radius 1 is 1.55 bits per heavy atom. The molecule has 1 aromatic rings. The molecule has 60 valence electrons. The van der Waals surface area contributed by atoms with Gasteiger partial charge in [-0.15, -0.1) is 24.5 Å². The molecule has 0 saturated heterocycles. The van der Waals surface area contributed by atoms with Crippen molar-refractivity contribution in [3.8, 4) is 0 Å².